The van der Waals surface area contributed by atoms with Gasteiger partial charge < -0.3 is 10.7 Å². The predicted molar refractivity (Wildman–Crippen MR) is 94.9 cm³/mol. The number of pyridine rings is 1. The maximum absolute atomic E-state index is 6.25. The third kappa shape index (κ3) is 3.59. The van der Waals surface area contributed by atoms with E-state index in [1.54, 1.807) is 0 Å². The van der Waals surface area contributed by atoms with Gasteiger partial charge in [-0.1, -0.05) is 32.8 Å². The fourth-order valence-corrected chi connectivity index (χ4v) is 2.75. The van der Waals surface area contributed by atoms with Gasteiger partial charge in [0.2, 0.25) is 0 Å². The lowest BCUT2D eigenvalue weighted by molar-refractivity contribution is 0.574. The highest BCUT2D eigenvalue weighted by Gasteiger charge is 2.25. The molecule has 23 heavy (non-hydrogen) atoms. The van der Waals surface area contributed by atoms with Crippen LogP contribution in [0.25, 0.3) is 22.2 Å². The van der Waals surface area contributed by atoms with Gasteiger partial charge in [-0.25, -0.2) is 4.98 Å². The molecule has 4 nitrogen and oxygen atoms in total. The Balaban J connectivity index is 0.000000753. The second-order valence-corrected chi connectivity index (χ2v) is 5.88. The SMILES string of the molecule is CC.NC(CC1CC1)c1nc2ccc(-c3ccncc3)cc2[nH]1. The Morgan fingerprint density at radius 1 is 1.13 bits per heavy atom. The summed E-state index contributed by atoms with van der Waals surface area (Å²) in [4.78, 5) is 12.1. The van der Waals surface area contributed by atoms with E-state index in [0.29, 0.717) is 0 Å². The minimum absolute atomic E-state index is 0.0225. The topological polar surface area (TPSA) is 67.6 Å². The van der Waals surface area contributed by atoms with E-state index < -0.39 is 0 Å². The van der Waals surface area contributed by atoms with E-state index in [-0.39, 0.29) is 6.04 Å². The third-order valence-electron chi connectivity index (χ3n) is 4.15. The number of nitrogens with two attached hydrogens (primary N) is 1. The van der Waals surface area contributed by atoms with Crippen LogP contribution in [0.3, 0.4) is 0 Å². The van der Waals surface area contributed by atoms with Crippen molar-refractivity contribution in [2.75, 3.05) is 0 Å². The van der Waals surface area contributed by atoms with Crippen molar-refractivity contribution < 1.29 is 0 Å². The average molecular weight is 308 g/mol. The first kappa shape index (κ1) is 15.7. The summed E-state index contributed by atoms with van der Waals surface area (Å²) < 4.78 is 0. The lowest BCUT2D eigenvalue weighted by Crippen LogP contribution is -2.12. The highest BCUT2D eigenvalue weighted by atomic mass is 15.0. The highest BCUT2D eigenvalue weighted by Crippen LogP contribution is 2.36. The summed E-state index contributed by atoms with van der Waals surface area (Å²) in [7, 11) is 0. The molecule has 3 aromatic rings. The van der Waals surface area contributed by atoms with E-state index in [1.807, 2.05) is 38.4 Å². The van der Waals surface area contributed by atoms with E-state index in [2.05, 4.69) is 33.2 Å². The van der Waals surface area contributed by atoms with Crippen LogP contribution in [0, 0.1) is 5.92 Å². The lowest BCUT2D eigenvalue weighted by atomic mass is 10.1. The van der Waals surface area contributed by atoms with Crippen LogP contribution in [0.4, 0.5) is 0 Å². The predicted octanol–water partition coefficient (Wildman–Crippen LogP) is 4.45. The fraction of sp³-hybridized carbons (Fsp3) is 0.368. The van der Waals surface area contributed by atoms with Crippen molar-refractivity contribution in [3.05, 3.63) is 48.5 Å². The van der Waals surface area contributed by atoms with Gasteiger partial charge in [-0.2, -0.15) is 0 Å². The molecule has 0 aliphatic heterocycles. The summed E-state index contributed by atoms with van der Waals surface area (Å²) in [6.07, 6.45) is 7.30. The molecule has 3 N–H and O–H groups in total. The van der Waals surface area contributed by atoms with E-state index in [9.17, 15) is 0 Å². The number of hydrogen-bond donors (Lipinski definition) is 2. The molecule has 2 aromatic heterocycles. The normalized spacial score (nSPS) is 15.1. The molecule has 2 heterocycles. The van der Waals surface area contributed by atoms with E-state index in [4.69, 9.17) is 5.73 Å². The molecule has 120 valence electrons. The molecule has 0 bridgehead atoms. The molecule has 0 spiro atoms. The van der Waals surface area contributed by atoms with Crippen LogP contribution in [0.1, 0.15) is 45.0 Å². The van der Waals surface area contributed by atoms with Crippen LogP contribution in [0.15, 0.2) is 42.7 Å². The van der Waals surface area contributed by atoms with Crippen molar-refractivity contribution in [1.29, 1.82) is 0 Å². The van der Waals surface area contributed by atoms with Crippen LogP contribution >= 0.6 is 0 Å². The Bertz CT molecular complexity index is 759. The second kappa shape index (κ2) is 6.92. The van der Waals surface area contributed by atoms with Gasteiger partial charge in [0.25, 0.3) is 0 Å². The number of nitrogens with zero attached hydrogens (tertiary/aromatic N) is 2. The number of hydrogen-bond acceptors (Lipinski definition) is 3. The quantitative estimate of drug-likeness (QED) is 0.748. The van der Waals surface area contributed by atoms with Gasteiger partial charge in [0.05, 0.1) is 17.1 Å². The number of aromatic nitrogens is 3. The average Bonchev–Trinajstić information content (AvgIpc) is 3.32. The summed E-state index contributed by atoms with van der Waals surface area (Å²) in [5.74, 6) is 1.71. The number of imidazole rings is 1. The van der Waals surface area contributed by atoms with E-state index in [0.717, 1.165) is 40.3 Å². The molecular formula is C19H24N4. The maximum Gasteiger partial charge on any atom is 0.124 e. The number of fused-ring (bicyclic) bond motifs is 1. The zero-order valence-corrected chi connectivity index (χ0v) is 13.8. The minimum atomic E-state index is 0.0225. The first-order valence-corrected chi connectivity index (χ1v) is 8.45. The van der Waals surface area contributed by atoms with Crippen molar-refractivity contribution in [3.63, 3.8) is 0 Å². The molecule has 1 aromatic carbocycles. The van der Waals surface area contributed by atoms with Crippen molar-refractivity contribution in [3.8, 4) is 11.1 Å². The third-order valence-corrected chi connectivity index (χ3v) is 4.15. The van der Waals surface area contributed by atoms with Crippen molar-refractivity contribution in [1.82, 2.24) is 15.0 Å². The van der Waals surface area contributed by atoms with Crippen LogP contribution in [0.5, 0.6) is 0 Å². The Morgan fingerprint density at radius 2 is 1.87 bits per heavy atom. The molecular weight excluding hydrogens is 284 g/mol. The summed E-state index contributed by atoms with van der Waals surface area (Å²) in [5, 5.41) is 0. The van der Waals surface area contributed by atoms with Crippen LogP contribution in [-0.4, -0.2) is 15.0 Å². The molecule has 1 atom stereocenters. The monoisotopic (exact) mass is 308 g/mol. The molecule has 1 aliphatic carbocycles. The minimum Gasteiger partial charge on any atom is -0.341 e. The number of rotatable bonds is 4. The molecule has 0 amide bonds. The number of nitrogens with one attached hydrogen (secondary N) is 1. The van der Waals surface area contributed by atoms with E-state index in [1.165, 1.54) is 12.8 Å². The molecule has 0 radical (unpaired) electrons. The summed E-state index contributed by atoms with van der Waals surface area (Å²) in [6, 6.07) is 10.3. The van der Waals surface area contributed by atoms with Gasteiger partial charge in [0.15, 0.2) is 0 Å². The summed E-state index contributed by atoms with van der Waals surface area (Å²) in [6.45, 7) is 4.00. The Kier molecular flexibility index (Phi) is 4.72. The molecule has 0 saturated heterocycles. The Hall–Kier alpha value is -2.20. The van der Waals surface area contributed by atoms with Crippen LogP contribution in [-0.2, 0) is 0 Å². The number of H-pyrrole nitrogens is 1. The molecule has 4 heteroatoms. The largest absolute Gasteiger partial charge is 0.341 e. The maximum atomic E-state index is 6.25. The molecule has 1 saturated carbocycles. The molecule has 1 unspecified atom stereocenters. The summed E-state index contributed by atoms with van der Waals surface area (Å²) in [5.41, 5.74) is 10.6. The van der Waals surface area contributed by atoms with Gasteiger partial charge in [0.1, 0.15) is 5.82 Å². The first-order chi connectivity index (χ1) is 11.3. The molecule has 1 fully saturated rings. The highest BCUT2D eigenvalue weighted by molar-refractivity contribution is 5.81. The first-order valence-electron chi connectivity index (χ1n) is 8.45. The van der Waals surface area contributed by atoms with Crippen molar-refractivity contribution in [2.24, 2.45) is 11.7 Å². The van der Waals surface area contributed by atoms with Gasteiger partial charge in [-0.15, -0.1) is 0 Å². The molecule has 4 rings (SSSR count). The number of benzene rings is 1. The van der Waals surface area contributed by atoms with Crippen molar-refractivity contribution >= 4 is 11.0 Å². The van der Waals surface area contributed by atoms with Crippen LogP contribution < -0.4 is 5.73 Å². The van der Waals surface area contributed by atoms with Crippen molar-refractivity contribution in [2.45, 2.75) is 39.2 Å². The zero-order valence-electron chi connectivity index (χ0n) is 13.8. The summed E-state index contributed by atoms with van der Waals surface area (Å²) >= 11 is 0. The molecule has 1 aliphatic rings. The Morgan fingerprint density at radius 3 is 2.57 bits per heavy atom. The van der Waals surface area contributed by atoms with Crippen LogP contribution in [0.2, 0.25) is 0 Å². The standard InChI is InChI=1S/C17H18N4.C2H6/c18-14(9-11-1-2-11)17-20-15-4-3-13(10-16(15)21-17)12-5-7-19-8-6-12;1-2/h3-8,10-11,14H,1-2,9,18H2,(H,20,21);1-2H3. The Labute approximate surface area is 137 Å². The zero-order chi connectivity index (χ0) is 16.2. The van der Waals surface area contributed by atoms with Gasteiger partial charge in [-0.05, 0) is 47.7 Å². The van der Waals surface area contributed by atoms with Gasteiger partial charge >= 0.3 is 0 Å². The van der Waals surface area contributed by atoms with E-state index >= 15 is 0 Å². The fourth-order valence-electron chi connectivity index (χ4n) is 2.75. The van der Waals surface area contributed by atoms with Gasteiger partial charge in [-0.3, -0.25) is 4.98 Å². The number of aromatic amines is 1. The van der Waals surface area contributed by atoms with Gasteiger partial charge in [0, 0.05) is 12.4 Å². The smallest absolute Gasteiger partial charge is 0.124 e. The lowest BCUT2D eigenvalue weighted by Gasteiger charge is -2.06. The second-order valence-electron chi connectivity index (χ2n) is 5.88.